The fraction of sp³-hybridized carbons (Fsp3) is 0.538. The minimum atomic E-state index is -0.275. The third-order valence-corrected chi connectivity index (χ3v) is 2.80. The average Bonchev–Trinajstić information content (AvgIpc) is 2.28. The number of aliphatic hydroxyl groups is 1. The van der Waals surface area contributed by atoms with Crippen LogP contribution in [-0.2, 0) is 6.54 Å². The second-order valence-electron chi connectivity index (χ2n) is 4.63. The van der Waals surface area contributed by atoms with Crippen molar-refractivity contribution >= 4 is 11.6 Å². The molecule has 0 saturated carbocycles. The average molecular weight is 260 g/mol. The Labute approximate surface area is 107 Å². The van der Waals surface area contributed by atoms with E-state index in [-0.39, 0.29) is 18.5 Å². The van der Waals surface area contributed by atoms with Crippen molar-refractivity contribution in [1.29, 1.82) is 0 Å². The Hall–Kier alpha value is -0.640. The molecule has 0 saturated heterocycles. The van der Waals surface area contributed by atoms with E-state index >= 15 is 0 Å². The predicted octanol–water partition coefficient (Wildman–Crippen LogP) is 2.98. The van der Waals surface area contributed by atoms with Crippen LogP contribution in [0.5, 0.6) is 0 Å². The standard InChI is InChI=1S/C13H19ClFNO/c1-9(2)5-12(8-17)16-7-10-6-11(14)3-4-13(10)15/h3-4,6,9,12,16-17H,5,7-8H2,1-2H3. The first-order chi connectivity index (χ1) is 8.02. The Morgan fingerprint density at radius 1 is 1.41 bits per heavy atom. The van der Waals surface area contributed by atoms with Crippen molar-refractivity contribution in [3.8, 4) is 0 Å². The van der Waals surface area contributed by atoms with Crippen molar-refractivity contribution in [2.24, 2.45) is 5.92 Å². The number of nitrogens with one attached hydrogen (secondary N) is 1. The van der Waals surface area contributed by atoms with Crippen LogP contribution in [0.3, 0.4) is 0 Å². The van der Waals surface area contributed by atoms with Crippen molar-refractivity contribution in [3.63, 3.8) is 0 Å². The second-order valence-corrected chi connectivity index (χ2v) is 5.06. The summed E-state index contributed by atoms with van der Waals surface area (Å²) in [6, 6.07) is 4.48. The SMILES string of the molecule is CC(C)CC(CO)NCc1cc(Cl)ccc1F. The van der Waals surface area contributed by atoms with Gasteiger partial charge in [0.25, 0.3) is 0 Å². The first-order valence-corrected chi connectivity index (χ1v) is 6.19. The van der Waals surface area contributed by atoms with E-state index in [0.717, 1.165) is 6.42 Å². The number of hydrogen-bond donors (Lipinski definition) is 2. The van der Waals surface area contributed by atoms with E-state index in [1.807, 2.05) is 0 Å². The fourth-order valence-corrected chi connectivity index (χ4v) is 1.92. The van der Waals surface area contributed by atoms with Crippen molar-refractivity contribution in [3.05, 3.63) is 34.6 Å². The maximum Gasteiger partial charge on any atom is 0.127 e. The molecule has 4 heteroatoms. The van der Waals surface area contributed by atoms with Crippen LogP contribution in [0.15, 0.2) is 18.2 Å². The molecule has 1 atom stereocenters. The van der Waals surface area contributed by atoms with Crippen LogP contribution in [0.4, 0.5) is 4.39 Å². The summed E-state index contributed by atoms with van der Waals surface area (Å²) in [5, 5.41) is 12.9. The molecule has 1 aromatic rings. The molecule has 0 bridgehead atoms. The molecule has 0 radical (unpaired) electrons. The summed E-state index contributed by atoms with van der Waals surface area (Å²) < 4.78 is 13.4. The highest BCUT2D eigenvalue weighted by molar-refractivity contribution is 6.30. The number of aliphatic hydroxyl groups excluding tert-OH is 1. The van der Waals surface area contributed by atoms with Crippen molar-refractivity contribution < 1.29 is 9.50 Å². The quantitative estimate of drug-likeness (QED) is 0.823. The molecule has 1 rings (SSSR count). The van der Waals surface area contributed by atoms with Gasteiger partial charge in [0.15, 0.2) is 0 Å². The molecular formula is C13H19ClFNO. The summed E-state index contributed by atoms with van der Waals surface area (Å²) in [6.07, 6.45) is 0.860. The molecule has 0 aliphatic carbocycles. The maximum absolute atomic E-state index is 13.4. The summed E-state index contributed by atoms with van der Waals surface area (Å²) in [5.41, 5.74) is 0.528. The summed E-state index contributed by atoms with van der Waals surface area (Å²) >= 11 is 5.81. The van der Waals surface area contributed by atoms with Gasteiger partial charge in [-0.1, -0.05) is 25.4 Å². The summed E-state index contributed by atoms with van der Waals surface area (Å²) in [7, 11) is 0. The summed E-state index contributed by atoms with van der Waals surface area (Å²) in [6.45, 7) is 4.61. The lowest BCUT2D eigenvalue weighted by atomic mass is 10.0. The van der Waals surface area contributed by atoms with Crippen LogP contribution >= 0.6 is 11.6 Å². The smallest absolute Gasteiger partial charge is 0.127 e. The lowest BCUT2D eigenvalue weighted by Crippen LogP contribution is -2.33. The van der Waals surface area contributed by atoms with Gasteiger partial charge in [0, 0.05) is 23.2 Å². The topological polar surface area (TPSA) is 32.3 Å². The van der Waals surface area contributed by atoms with Crippen LogP contribution < -0.4 is 5.32 Å². The molecule has 0 fully saturated rings. The fourth-order valence-electron chi connectivity index (χ4n) is 1.72. The van der Waals surface area contributed by atoms with Gasteiger partial charge in [-0.15, -0.1) is 0 Å². The number of halogens is 2. The Balaban J connectivity index is 2.56. The molecule has 1 unspecified atom stereocenters. The second kappa shape index (κ2) is 6.94. The third-order valence-electron chi connectivity index (χ3n) is 2.57. The molecule has 96 valence electrons. The van der Waals surface area contributed by atoms with Crippen molar-refractivity contribution in [2.75, 3.05) is 6.61 Å². The van der Waals surface area contributed by atoms with Gasteiger partial charge in [0.05, 0.1) is 6.61 Å². The highest BCUT2D eigenvalue weighted by Gasteiger charge is 2.10. The molecule has 2 nitrogen and oxygen atoms in total. The molecule has 1 aromatic carbocycles. The van der Waals surface area contributed by atoms with E-state index in [1.165, 1.54) is 12.1 Å². The van der Waals surface area contributed by atoms with E-state index < -0.39 is 0 Å². The molecule has 2 N–H and O–H groups in total. The zero-order valence-electron chi connectivity index (χ0n) is 10.2. The molecular weight excluding hydrogens is 241 g/mol. The Bertz CT molecular complexity index is 357. The van der Waals surface area contributed by atoms with E-state index in [0.29, 0.717) is 23.0 Å². The molecule has 0 aliphatic heterocycles. The molecule has 0 heterocycles. The molecule has 0 aromatic heterocycles. The monoisotopic (exact) mass is 259 g/mol. The molecule has 17 heavy (non-hydrogen) atoms. The summed E-state index contributed by atoms with van der Waals surface area (Å²) in [5.74, 6) is 0.215. The van der Waals surface area contributed by atoms with Gasteiger partial charge in [0.1, 0.15) is 5.82 Å². The molecule has 0 spiro atoms. The van der Waals surface area contributed by atoms with Gasteiger partial charge in [-0.3, -0.25) is 0 Å². The number of rotatable bonds is 6. The lowest BCUT2D eigenvalue weighted by molar-refractivity contribution is 0.223. The van der Waals surface area contributed by atoms with Crippen LogP contribution in [0.2, 0.25) is 5.02 Å². The van der Waals surface area contributed by atoms with E-state index in [9.17, 15) is 9.50 Å². The zero-order chi connectivity index (χ0) is 12.8. The van der Waals surface area contributed by atoms with Crippen LogP contribution in [0.1, 0.15) is 25.8 Å². The Kier molecular flexibility index (Phi) is 5.89. The normalized spacial score (nSPS) is 13.1. The Morgan fingerprint density at radius 2 is 2.12 bits per heavy atom. The lowest BCUT2D eigenvalue weighted by Gasteiger charge is -2.18. The van der Waals surface area contributed by atoms with E-state index in [4.69, 9.17) is 11.6 Å². The van der Waals surface area contributed by atoms with Gasteiger partial charge in [-0.25, -0.2) is 4.39 Å². The van der Waals surface area contributed by atoms with Crippen LogP contribution in [-0.4, -0.2) is 17.8 Å². The highest BCUT2D eigenvalue weighted by Crippen LogP contribution is 2.15. The Morgan fingerprint density at radius 3 is 2.71 bits per heavy atom. The minimum Gasteiger partial charge on any atom is -0.395 e. The van der Waals surface area contributed by atoms with Gasteiger partial charge in [-0.05, 0) is 30.5 Å². The largest absolute Gasteiger partial charge is 0.395 e. The van der Waals surface area contributed by atoms with E-state index in [2.05, 4.69) is 19.2 Å². The van der Waals surface area contributed by atoms with Crippen molar-refractivity contribution in [1.82, 2.24) is 5.32 Å². The van der Waals surface area contributed by atoms with Gasteiger partial charge in [-0.2, -0.15) is 0 Å². The van der Waals surface area contributed by atoms with Crippen molar-refractivity contribution in [2.45, 2.75) is 32.9 Å². The number of benzene rings is 1. The molecule has 0 amide bonds. The molecule has 0 aliphatic rings. The zero-order valence-corrected chi connectivity index (χ0v) is 11.0. The van der Waals surface area contributed by atoms with Gasteiger partial charge < -0.3 is 10.4 Å². The predicted molar refractivity (Wildman–Crippen MR) is 68.6 cm³/mol. The van der Waals surface area contributed by atoms with Gasteiger partial charge in [0.2, 0.25) is 0 Å². The van der Waals surface area contributed by atoms with E-state index in [1.54, 1.807) is 6.07 Å². The third kappa shape index (κ3) is 5.02. The van der Waals surface area contributed by atoms with Crippen LogP contribution in [0, 0.1) is 11.7 Å². The highest BCUT2D eigenvalue weighted by atomic mass is 35.5. The first kappa shape index (κ1) is 14.4. The van der Waals surface area contributed by atoms with Crippen LogP contribution in [0.25, 0.3) is 0 Å². The summed E-state index contributed by atoms with van der Waals surface area (Å²) in [4.78, 5) is 0. The first-order valence-electron chi connectivity index (χ1n) is 5.81. The maximum atomic E-state index is 13.4. The minimum absolute atomic E-state index is 0.00613. The number of hydrogen-bond acceptors (Lipinski definition) is 2. The van der Waals surface area contributed by atoms with Gasteiger partial charge >= 0.3 is 0 Å².